The number of hydrogen-bond donors (Lipinski definition) is 2. The largest absolute Gasteiger partial charge is 0.368 e. The van der Waals surface area contributed by atoms with Crippen molar-refractivity contribution in [3.8, 4) is 0 Å². The van der Waals surface area contributed by atoms with E-state index < -0.39 is 17.6 Å². The number of amides is 4. The highest BCUT2D eigenvalue weighted by molar-refractivity contribution is 6.33. The molecule has 0 atom stereocenters. The average Bonchev–Trinajstić information content (AvgIpc) is 2.83. The quantitative estimate of drug-likeness (QED) is 0.576. The van der Waals surface area contributed by atoms with E-state index in [0.29, 0.717) is 36.9 Å². The van der Waals surface area contributed by atoms with Gasteiger partial charge in [-0.15, -0.1) is 0 Å². The molecule has 0 aromatic heterocycles. The Hall–Kier alpha value is -3.33. The lowest BCUT2D eigenvalue weighted by Gasteiger charge is -2.36. The fraction of sp³-hybridized carbons (Fsp3) is 0.423. The van der Waals surface area contributed by atoms with Crippen molar-refractivity contribution in [3.05, 3.63) is 58.9 Å². The third-order valence-electron chi connectivity index (χ3n) is 5.87. The zero-order valence-electron chi connectivity index (χ0n) is 21.1. The fourth-order valence-electron chi connectivity index (χ4n) is 3.93. The van der Waals surface area contributed by atoms with E-state index in [1.54, 1.807) is 36.9 Å². The summed E-state index contributed by atoms with van der Waals surface area (Å²) < 4.78 is 14.2. The van der Waals surface area contributed by atoms with Gasteiger partial charge in [0.15, 0.2) is 0 Å². The molecular formula is C26H33ClFN5O3. The molecule has 1 aliphatic rings. The minimum atomic E-state index is -0.633. The molecule has 10 heteroatoms. The predicted octanol–water partition coefficient (Wildman–Crippen LogP) is 4.21. The molecule has 2 N–H and O–H groups in total. The predicted molar refractivity (Wildman–Crippen MR) is 140 cm³/mol. The Kier molecular flexibility index (Phi) is 9.14. The maximum Gasteiger partial charge on any atom is 0.317 e. The van der Waals surface area contributed by atoms with E-state index in [-0.39, 0.29) is 30.2 Å². The van der Waals surface area contributed by atoms with Crippen LogP contribution < -0.4 is 15.5 Å². The smallest absolute Gasteiger partial charge is 0.317 e. The number of carbonyl (C=O) groups excluding carboxylic acids is 3. The average molecular weight is 518 g/mol. The van der Waals surface area contributed by atoms with Crippen molar-refractivity contribution in [3.63, 3.8) is 0 Å². The van der Waals surface area contributed by atoms with E-state index in [1.807, 2.05) is 19.9 Å². The number of benzene rings is 2. The lowest BCUT2D eigenvalue weighted by Crippen LogP contribution is -2.52. The summed E-state index contributed by atoms with van der Waals surface area (Å²) in [6, 6.07) is 10.7. The Morgan fingerprint density at radius 1 is 1.03 bits per heavy atom. The zero-order chi connectivity index (χ0) is 26.4. The lowest BCUT2D eigenvalue weighted by molar-refractivity contribution is -0.117. The highest BCUT2D eigenvalue weighted by Gasteiger charge is 2.25. The molecule has 0 bridgehead atoms. The van der Waals surface area contributed by atoms with Gasteiger partial charge >= 0.3 is 6.03 Å². The zero-order valence-corrected chi connectivity index (χ0v) is 21.8. The highest BCUT2D eigenvalue weighted by atomic mass is 35.5. The van der Waals surface area contributed by atoms with E-state index in [4.69, 9.17) is 11.6 Å². The van der Waals surface area contributed by atoms with Crippen LogP contribution in [0.3, 0.4) is 0 Å². The van der Waals surface area contributed by atoms with Gasteiger partial charge in [-0.2, -0.15) is 0 Å². The van der Waals surface area contributed by atoms with Crippen molar-refractivity contribution in [1.82, 2.24) is 15.1 Å². The van der Waals surface area contributed by atoms with Gasteiger partial charge in [0.25, 0.3) is 5.91 Å². The van der Waals surface area contributed by atoms with Crippen LogP contribution in [0, 0.1) is 5.82 Å². The number of halogens is 2. The molecular weight excluding hydrogens is 485 g/mol. The maximum atomic E-state index is 14.2. The lowest BCUT2D eigenvalue weighted by atomic mass is 10.1. The molecule has 2 aromatic carbocycles. The molecule has 0 unspecified atom stereocenters. The molecule has 1 heterocycles. The number of nitrogens with one attached hydrogen (secondary N) is 2. The fourth-order valence-corrected chi connectivity index (χ4v) is 4.10. The molecule has 36 heavy (non-hydrogen) atoms. The highest BCUT2D eigenvalue weighted by Crippen LogP contribution is 2.28. The molecule has 1 fully saturated rings. The van der Waals surface area contributed by atoms with Gasteiger partial charge in [0.05, 0.1) is 16.3 Å². The van der Waals surface area contributed by atoms with Crippen LogP contribution in [0.2, 0.25) is 5.02 Å². The van der Waals surface area contributed by atoms with Crippen LogP contribution in [0.4, 0.5) is 20.6 Å². The molecule has 1 saturated heterocycles. The van der Waals surface area contributed by atoms with Crippen LogP contribution in [-0.4, -0.2) is 72.5 Å². The standard InChI is InChI=1S/C26H33ClFN5O3/c1-17(2)29-26(36)32-13-11-31(12-14-32)19-9-10-21(27)23(15-19)30-24(34)16-33(18(3)4)25(35)20-7-5-6-8-22(20)28/h5-10,15,17-18H,11-14,16H2,1-4H3,(H,29,36)(H,30,34). The number of carbonyl (C=O) groups is 3. The van der Waals surface area contributed by atoms with Crippen molar-refractivity contribution in [2.24, 2.45) is 0 Å². The van der Waals surface area contributed by atoms with Gasteiger partial charge < -0.3 is 25.3 Å². The molecule has 0 spiro atoms. The second-order valence-corrected chi connectivity index (χ2v) is 9.70. The first-order valence-electron chi connectivity index (χ1n) is 12.0. The summed E-state index contributed by atoms with van der Waals surface area (Å²) in [6.07, 6.45) is 0. The monoisotopic (exact) mass is 517 g/mol. The Morgan fingerprint density at radius 2 is 1.69 bits per heavy atom. The number of rotatable bonds is 7. The topological polar surface area (TPSA) is 85.0 Å². The minimum Gasteiger partial charge on any atom is -0.368 e. The summed E-state index contributed by atoms with van der Waals surface area (Å²) in [5.41, 5.74) is 1.20. The van der Waals surface area contributed by atoms with E-state index >= 15 is 0 Å². The molecule has 3 rings (SSSR count). The molecule has 1 aliphatic heterocycles. The Balaban J connectivity index is 1.66. The summed E-state index contributed by atoms with van der Waals surface area (Å²) >= 11 is 6.35. The van der Waals surface area contributed by atoms with Gasteiger partial charge in [-0.3, -0.25) is 9.59 Å². The maximum absolute atomic E-state index is 14.2. The molecule has 0 aliphatic carbocycles. The van der Waals surface area contributed by atoms with E-state index in [1.165, 1.54) is 23.1 Å². The van der Waals surface area contributed by atoms with Crippen LogP contribution in [0.1, 0.15) is 38.1 Å². The molecule has 4 amide bonds. The van der Waals surface area contributed by atoms with Gasteiger partial charge in [-0.25, -0.2) is 9.18 Å². The third-order valence-corrected chi connectivity index (χ3v) is 6.20. The van der Waals surface area contributed by atoms with E-state index in [0.717, 1.165) is 5.69 Å². The molecule has 0 radical (unpaired) electrons. The van der Waals surface area contributed by atoms with Crippen LogP contribution in [0.25, 0.3) is 0 Å². The minimum absolute atomic E-state index is 0.0756. The number of piperazine rings is 1. The van der Waals surface area contributed by atoms with Crippen molar-refractivity contribution in [2.45, 2.75) is 39.8 Å². The molecule has 8 nitrogen and oxygen atoms in total. The molecule has 194 valence electrons. The second-order valence-electron chi connectivity index (χ2n) is 9.30. The van der Waals surface area contributed by atoms with Crippen LogP contribution in [-0.2, 0) is 4.79 Å². The Morgan fingerprint density at radius 3 is 2.31 bits per heavy atom. The normalized spacial score (nSPS) is 13.7. The Labute approximate surface area is 216 Å². The van der Waals surface area contributed by atoms with Gasteiger partial charge in [0.1, 0.15) is 12.4 Å². The van der Waals surface area contributed by atoms with Crippen molar-refractivity contribution in [1.29, 1.82) is 0 Å². The first-order chi connectivity index (χ1) is 17.1. The van der Waals surface area contributed by atoms with Gasteiger partial charge in [0.2, 0.25) is 5.91 Å². The summed E-state index contributed by atoms with van der Waals surface area (Å²) in [4.78, 5) is 43.2. The van der Waals surface area contributed by atoms with Crippen molar-refractivity contribution < 1.29 is 18.8 Å². The second kappa shape index (κ2) is 12.1. The molecule has 2 aromatic rings. The number of hydrogen-bond acceptors (Lipinski definition) is 4. The Bertz CT molecular complexity index is 1100. The van der Waals surface area contributed by atoms with Gasteiger partial charge in [-0.1, -0.05) is 23.7 Å². The van der Waals surface area contributed by atoms with Crippen molar-refractivity contribution in [2.75, 3.05) is 42.9 Å². The SMILES string of the molecule is CC(C)NC(=O)N1CCN(c2ccc(Cl)c(NC(=O)CN(C(=O)c3ccccc3F)C(C)C)c2)CC1. The number of nitrogens with zero attached hydrogens (tertiary/aromatic N) is 3. The van der Waals surface area contributed by atoms with E-state index in [9.17, 15) is 18.8 Å². The summed E-state index contributed by atoms with van der Waals surface area (Å²) in [5.74, 6) is -1.63. The van der Waals surface area contributed by atoms with Crippen LogP contribution in [0.15, 0.2) is 42.5 Å². The summed E-state index contributed by atoms with van der Waals surface area (Å²) in [7, 11) is 0. The van der Waals surface area contributed by atoms with Gasteiger partial charge in [0, 0.05) is 44.0 Å². The van der Waals surface area contributed by atoms with Crippen molar-refractivity contribution >= 4 is 40.8 Å². The summed E-state index contributed by atoms with van der Waals surface area (Å²) in [5, 5.41) is 6.05. The third kappa shape index (κ3) is 6.87. The first kappa shape index (κ1) is 27.3. The van der Waals surface area contributed by atoms with Crippen LogP contribution in [0.5, 0.6) is 0 Å². The molecule has 0 saturated carbocycles. The summed E-state index contributed by atoms with van der Waals surface area (Å²) in [6.45, 7) is 9.55. The van der Waals surface area contributed by atoms with Crippen LogP contribution >= 0.6 is 11.6 Å². The number of anilines is 2. The van der Waals surface area contributed by atoms with Gasteiger partial charge in [-0.05, 0) is 58.0 Å². The number of urea groups is 1. The van der Waals surface area contributed by atoms with E-state index in [2.05, 4.69) is 15.5 Å². The first-order valence-corrected chi connectivity index (χ1v) is 12.4.